The van der Waals surface area contributed by atoms with Crippen molar-refractivity contribution >= 4 is 5.69 Å². The van der Waals surface area contributed by atoms with Crippen LogP contribution in [0.25, 0.3) is 0 Å². The number of nitrogens with zero attached hydrogens (tertiary/aromatic N) is 3. The van der Waals surface area contributed by atoms with Gasteiger partial charge in [-0.3, -0.25) is 10.00 Å². The third-order valence-corrected chi connectivity index (χ3v) is 5.84. The molecule has 2 aliphatic heterocycles. The van der Waals surface area contributed by atoms with Crippen molar-refractivity contribution in [2.24, 2.45) is 5.92 Å². The highest BCUT2D eigenvalue weighted by Crippen LogP contribution is 2.29. The Kier molecular flexibility index (Phi) is 4.96. The molecular formula is C20H27FN4O. The molecule has 0 saturated carbocycles. The predicted molar refractivity (Wildman–Crippen MR) is 99.7 cm³/mol. The highest BCUT2D eigenvalue weighted by atomic mass is 19.1. The van der Waals surface area contributed by atoms with Crippen LogP contribution in [0.15, 0.2) is 30.3 Å². The molecule has 2 aromatic rings. The third-order valence-electron chi connectivity index (χ3n) is 5.84. The first-order valence-electron chi connectivity index (χ1n) is 9.52. The van der Waals surface area contributed by atoms with Gasteiger partial charge in [-0.1, -0.05) is 12.1 Å². The lowest BCUT2D eigenvalue weighted by molar-refractivity contribution is 0.131. The highest BCUT2D eigenvalue weighted by molar-refractivity contribution is 5.47. The van der Waals surface area contributed by atoms with Crippen molar-refractivity contribution in [2.75, 3.05) is 31.1 Å². The predicted octanol–water partition coefficient (Wildman–Crippen LogP) is 2.36. The number of para-hydroxylation sites is 1. The van der Waals surface area contributed by atoms with E-state index in [0.29, 0.717) is 11.7 Å². The van der Waals surface area contributed by atoms with Gasteiger partial charge in [0.2, 0.25) is 0 Å². The van der Waals surface area contributed by atoms with Crippen molar-refractivity contribution in [1.82, 2.24) is 15.1 Å². The van der Waals surface area contributed by atoms with E-state index in [-0.39, 0.29) is 17.8 Å². The zero-order valence-corrected chi connectivity index (χ0v) is 15.2. The number of hydrogen-bond donors (Lipinski definition) is 2. The second-order valence-corrected chi connectivity index (χ2v) is 7.70. The molecule has 2 atom stereocenters. The largest absolute Gasteiger partial charge is 0.391 e. The standard InChI is InChI=1S/C20H27FN4O/c1-14-10-16(23-22-14)11-15-12-25(13-20(15)26)17-6-8-24(9-7-17)19-5-3-2-4-18(19)21/h2-5,10,15,17,20,26H,6-9,11-13H2,1H3,(H,22,23)/t15-,20+/m1/s1. The Bertz CT molecular complexity index is 741. The maximum atomic E-state index is 14.0. The molecule has 2 N–H and O–H groups in total. The number of piperidine rings is 1. The van der Waals surface area contributed by atoms with Gasteiger partial charge in [-0.2, -0.15) is 5.10 Å². The molecule has 2 saturated heterocycles. The summed E-state index contributed by atoms with van der Waals surface area (Å²) in [5.74, 6) is 0.0965. The molecule has 0 bridgehead atoms. The van der Waals surface area contributed by atoms with Gasteiger partial charge < -0.3 is 10.0 Å². The molecule has 5 nitrogen and oxygen atoms in total. The van der Waals surface area contributed by atoms with E-state index in [4.69, 9.17) is 0 Å². The average Bonchev–Trinajstić information content (AvgIpc) is 3.22. The summed E-state index contributed by atoms with van der Waals surface area (Å²) in [4.78, 5) is 4.57. The summed E-state index contributed by atoms with van der Waals surface area (Å²) in [5.41, 5.74) is 2.80. The van der Waals surface area contributed by atoms with E-state index in [1.807, 2.05) is 19.1 Å². The summed E-state index contributed by atoms with van der Waals surface area (Å²) in [6, 6.07) is 9.54. The van der Waals surface area contributed by atoms with Crippen LogP contribution in [0, 0.1) is 18.7 Å². The van der Waals surface area contributed by atoms with Crippen LogP contribution in [0.3, 0.4) is 0 Å². The minimum Gasteiger partial charge on any atom is -0.391 e. The Balaban J connectivity index is 1.33. The van der Waals surface area contributed by atoms with Gasteiger partial charge in [0.25, 0.3) is 0 Å². The fraction of sp³-hybridized carbons (Fsp3) is 0.550. The molecule has 0 radical (unpaired) electrons. The molecule has 2 fully saturated rings. The van der Waals surface area contributed by atoms with Gasteiger partial charge in [-0.05, 0) is 44.4 Å². The number of aryl methyl sites for hydroxylation is 1. The van der Waals surface area contributed by atoms with Gasteiger partial charge in [0.05, 0.1) is 17.5 Å². The first-order valence-corrected chi connectivity index (χ1v) is 9.52. The number of nitrogens with one attached hydrogen (secondary N) is 1. The molecule has 1 aromatic carbocycles. The second-order valence-electron chi connectivity index (χ2n) is 7.70. The molecule has 140 valence electrons. The first-order chi connectivity index (χ1) is 12.6. The van der Waals surface area contributed by atoms with Crippen LogP contribution in [-0.4, -0.2) is 58.5 Å². The number of benzene rings is 1. The van der Waals surface area contributed by atoms with Crippen LogP contribution in [0.5, 0.6) is 0 Å². The van der Waals surface area contributed by atoms with E-state index in [1.165, 1.54) is 6.07 Å². The lowest BCUT2D eigenvalue weighted by atomic mass is 9.99. The van der Waals surface area contributed by atoms with E-state index in [1.54, 1.807) is 6.07 Å². The molecule has 4 rings (SSSR count). The summed E-state index contributed by atoms with van der Waals surface area (Å²) in [5, 5.41) is 17.8. The molecule has 0 aliphatic carbocycles. The fourth-order valence-corrected chi connectivity index (χ4v) is 4.41. The van der Waals surface area contributed by atoms with Gasteiger partial charge in [0, 0.05) is 43.8 Å². The number of anilines is 1. The number of H-pyrrole nitrogens is 1. The maximum absolute atomic E-state index is 14.0. The molecule has 2 aliphatic rings. The number of aliphatic hydroxyl groups excluding tert-OH is 1. The zero-order chi connectivity index (χ0) is 18.1. The van der Waals surface area contributed by atoms with Gasteiger partial charge in [-0.25, -0.2) is 4.39 Å². The monoisotopic (exact) mass is 358 g/mol. The minimum atomic E-state index is -0.295. The van der Waals surface area contributed by atoms with Crippen LogP contribution in [0.4, 0.5) is 10.1 Å². The highest BCUT2D eigenvalue weighted by Gasteiger charge is 2.36. The fourth-order valence-electron chi connectivity index (χ4n) is 4.41. The van der Waals surface area contributed by atoms with Gasteiger partial charge >= 0.3 is 0 Å². The molecule has 1 aromatic heterocycles. The Morgan fingerprint density at radius 2 is 2.00 bits per heavy atom. The molecule has 6 heteroatoms. The number of rotatable bonds is 4. The topological polar surface area (TPSA) is 55.4 Å². The van der Waals surface area contributed by atoms with E-state index in [9.17, 15) is 9.50 Å². The first kappa shape index (κ1) is 17.5. The van der Waals surface area contributed by atoms with E-state index in [2.05, 4.69) is 26.1 Å². The normalized spacial score (nSPS) is 25.1. The summed E-state index contributed by atoms with van der Waals surface area (Å²) in [6.07, 6.45) is 2.54. The molecule has 3 heterocycles. The molecule has 26 heavy (non-hydrogen) atoms. The maximum Gasteiger partial charge on any atom is 0.146 e. The molecular weight excluding hydrogens is 331 g/mol. The van der Waals surface area contributed by atoms with Crippen molar-refractivity contribution < 1.29 is 9.50 Å². The zero-order valence-electron chi connectivity index (χ0n) is 15.2. The summed E-state index contributed by atoms with van der Waals surface area (Å²) >= 11 is 0. The number of hydrogen-bond acceptors (Lipinski definition) is 4. The van der Waals surface area contributed by atoms with Crippen LogP contribution in [-0.2, 0) is 6.42 Å². The third kappa shape index (κ3) is 3.62. The van der Waals surface area contributed by atoms with Crippen molar-refractivity contribution in [3.05, 3.63) is 47.5 Å². The Hall–Kier alpha value is -1.92. The summed E-state index contributed by atoms with van der Waals surface area (Å²) in [7, 11) is 0. The second kappa shape index (κ2) is 7.37. The lowest BCUT2D eigenvalue weighted by Gasteiger charge is -2.38. The Labute approximate surface area is 153 Å². The van der Waals surface area contributed by atoms with Crippen LogP contribution >= 0.6 is 0 Å². The quantitative estimate of drug-likeness (QED) is 0.881. The van der Waals surface area contributed by atoms with Crippen molar-refractivity contribution in [1.29, 1.82) is 0 Å². The van der Waals surface area contributed by atoms with Crippen LogP contribution in [0.2, 0.25) is 0 Å². The number of likely N-dealkylation sites (tertiary alicyclic amines) is 1. The van der Waals surface area contributed by atoms with Gasteiger partial charge in [0.1, 0.15) is 5.82 Å². The molecule has 0 spiro atoms. The van der Waals surface area contributed by atoms with Gasteiger partial charge in [-0.15, -0.1) is 0 Å². The Morgan fingerprint density at radius 1 is 1.23 bits per heavy atom. The number of β-amino-alcohol motifs (C(OH)–C–C–N with tert-alkyl or cyclic N) is 1. The number of aliphatic hydroxyl groups is 1. The SMILES string of the molecule is Cc1cc(C[C@@H]2CN(C3CCN(c4ccccc4F)CC3)C[C@@H]2O)n[nH]1. The number of aromatic nitrogens is 2. The number of aromatic amines is 1. The van der Waals surface area contributed by atoms with E-state index < -0.39 is 0 Å². The van der Waals surface area contributed by atoms with Crippen LogP contribution < -0.4 is 4.90 Å². The van der Waals surface area contributed by atoms with E-state index in [0.717, 1.165) is 56.8 Å². The van der Waals surface area contributed by atoms with Crippen molar-refractivity contribution in [2.45, 2.75) is 38.3 Å². The van der Waals surface area contributed by atoms with Gasteiger partial charge in [0.15, 0.2) is 0 Å². The minimum absolute atomic E-state index is 0.142. The summed E-state index contributed by atoms with van der Waals surface area (Å²) < 4.78 is 14.0. The van der Waals surface area contributed by atoms with E-state index >= 15 is 0 Å². The van der Waals surface area contributed by atoms with Crippen molar-refractivity contribution in [3.8, 4) is 0 Å². The molecule has 0 unspecified atom stereocenters. The van der Waals surface area contributed by atoms with Crippen LogP contribution in [0.1, 0.15) is 24.2 Å². The van der Waals surface area contributed by atoms with Crippen molar-refractivity contribution in [3.63, 3.8) is 0 Å². The smallest absolute Gasteiger partial charge is 0.146 e. The number of halogens is 1. The average molecular weight is 358 g/mol. The molecule has 0 amide bonds. The Morgan fingerprint density at radius 3 is 2.69 bits per heavy atom. The lowest BCUT2D eigenvalue weighted by Crippen LogP contribution is -2.44. The summed E-state index contributed by atoms with van der Waals surface area (Å²) in [6.45, 7) is 5.37.